The lowest BCUT2D eigenvalue weighted by atomic mass is 10.00. The monoisotopic (exact) mass is 249 g/mol. The second kappa shape index (κ2) is 6.54. The molecule has 1 aromatic heterocycles. The van der Waals surface area contributed by atoms with Crippen LogP contribution in [-0.2, 0) is 0 Å². The smallest absolute Gasteiger partial charge is 0.131 e. The van der Waals surface area contributed by atoms with E-state index >= 15 is 0 Å². The van der Waals surface area contributed by atoms with Gasteiger partial charge in [0.05, 0.1) is 0 Å². The first kappa shape index (κ1) is 13.1. The second-order valence-corrected chi connectivity index (χ2v) is 4.81. The summed E-state index contributed by atoms with van der Waals surface area (Å²) in [4.78, 5) is 8.76. The Labute approximate surface area is 109 Å². The molecule has 3 N–H and O–H groups in total. The number of anilines is 2. The number of nitrogens with zero attached hydrogens (tertiary/aromatic N) is 2. The van der Waals surface area contributed by atoms with Crippen molar-refractivity contribution in [3.05, 3.63) is 11.9 Å². The molecule has 0 spiro atoms. The summed E-state index contributed by atoms with van der Waals surface area (Å²) in [6, 6.07) is 1.98. The van der Waals surface area contributed by atoms with Gasteiger partial charge in [0.1, 0.15) is 17.5 Å². The molecule has 1 aliphatic heterocycles. The number of nitrogens with one attached hydrogen (secondary N) is 3. The molecule has 18 heavy (non-hydrogen) atoms. The summed E-state index contributed by atoms with van der Waals surface area (Å²) >= 11 is 0. The summed E-state index contributed by atoms with van der Waals surface area (Å²) in [5, 5.41) is 10.1. The maximum Gasteiger partial charge on any atom is 0.131 e. The van der Waals surface area contributed by atoms with E-state index in [-0.39, 0.29) is 0 Å². The predicted molar refractivity (Wildman–Crippen MR) is 75.0 cm³/mol. The highest BCUT2D eigenvalue weighted by Gasteiger charge is 2.12. The lowest BCUT2D eigenvalue weighted by Gasteiger charge is -2.23. The number of piperidine rings is 1. The van der Waals surface area contributed by atoms with Crippen molar-refractivity contribution in [2.75, 3.05) is 36.8 Å². The van der Waals surface area contributed by atoms with E-state index in [2.05, 4.69) is 32.8 Å². The number of aromatic nitrogens is 2. The first-order chi connectivity index (χ1) is 8.78. The third-order valence-electron chi connectivity index (χ3n) is 3.17. The van der Waals surface area contributed by atoms with Crippen LogP contribution < -0.4 is 16.0 Å². The van der Waals surface area contributed by atoms with Gasteiger partial charge in [0.2, 0.25) is 0 Å². The zero-order chi connectivity index (χ0) is 12.8. The number of aryl methyl sites for hydroxylation is 1. The van der Waals surface area contributed by atoms with Crippen LogP contribution in [0.5, 0.6) is 0 Å². The van der Waals surface area contributed by atoms with E-state index in [1.807, 2.05) is 13.0 Å². The Hall–Kier alpha value is -1.36. The van der Waals surface area contributed by atoms with Crippen molar-refractivity contribution in [1.82, 2.24) is 15.3 Å². The molecule has 5 heteroatoms. The molecule has 5 nitrogen and oxygen atoms in total. The average molecular weight is 249 g/mol. The van der Waals surface area contributed by atoms with Gasteiger partial charge < -0.3 is 16.0 Å². The van der Waals surface area contributed by atoms with E-state index in [9.17, 15) is 0 Å². The lowest BCUT2D eigenvalue weighted by molar-refractivity contribution is 0.392. The molecule has 0 saturated carbocycles. The maximum atomic E-state index is 4.42. The van der Waals surface area contributed by atoms with Gasteiger partial charge in [-0.05, 0) is 45.7 Å². The van der Waals surface area contributed by atoms with Crippen LogP contribution in [0.25, 0.3) is 0 Å². The molecule has 1 atom stereocenters. The molecule has 0 aliphatic carbocycles. The van der Waals surface area contributed by atoms with Gasteiger partial charge >= 0.3 is 0 Å². The molecule has 0 radical (unpaired) electrons. The fourth-order valence-corrected chi connectivity index (χ4v) is 2.28. The largest absolute Gasteiger partial charge is 0.370 e. The van der Waals surface area contributed by atoms with E-state index in [1.54, 1.807) is 0 Å². The summed E-state index contributed by atoms with van der Waals surface area (Å²) < 4.78 is 0. The van der Waals surface area contributed by atoms with Gasteiger partial charge in [0.25, 0.3) is 0 Å². The van der Waals surface area contributed by atoms with Crippen molar-refractivity contribution in [1.29, 1.82) is 0 Å². The average Bonchev–Trinajstić information content (AvgIpc) is 2.37. The molecule has 1 unspecified atom stereocenters. The molecule has 2 rings (SSSR count). The van der Waals surface area contributed by atoms with Crippen LogP contribution in [0.1, 0.15) is 25.6 Å². The van der Waals surface area contributed by atoms with Crippen molar-refractivity contribution in [3.63, 3.8) is 0 Å². The van der Waals surface area contributed by atoms with Crippen molar-refractivity contribution in [2.45, 2.75) is 26.7 Å². The van der Waals surface area contributed by atoms with Crippen LogP contribution in [0.3, 0.4) is 0 Å². The van der Waals surface area contributed by atoms with Crippen molar-refractivity contribution in [3.8, 4) is 0 Å². The van der Waals surface area contributed by atoms with Gasteiger partial charge in [0, 0.05) is 19.2 Å². The van der Waals surface area contributed by atoms with Crippen LogP contribution in [0.2, 0.25) is 0 Å². The third kappa shape index (κ3) is 3.84. The summed E-state index contributed by atoms with van der Waals surface area (Å²) in [6.45, 7) is 8.12. The Kier molecular flexibility index (Phi) is 4.75. The Morgan fingerprint density at radius 2 is 2.11 bits per heavy atom. The third-order valence-corrected chi connectivity index (χ3v) is 3.17. The standard InChI is InChI=1S/C13H23N5/c1-3-15-12-7-13(18-10(2)17-12)16-9-11-5-4-6-14-8-11/h7,11,14H,3-6,8-9H2,1-2H3,(H2,15,16,17,18). The highest BCUT2D eigenvalue weighted by atomic mass is 15.1. The fraction of sp³-hybridized carbons (Fsp3) is 0.692. The van der Waals surface area contributed by atoms with E-state index in [1.165, 1.54) is 12.8 Å². The van der Waals surface area contributed by atoms with E-state index in [0.29, 0.717) is 5.92 Å². The molecule has 0 aromatic carbocycles. The number of rotatable bonds is 5. The number of hydrogen-bond donors (Lipinski definition) is 3. The van der Waals surface area contributed by atoms with Crippen molar-refractivity contribution < 1.29 is 0 Å². The van der Waals surface area contributed by atoms with E-state index in [4.69, 9.17) is 0 Å². The van der Waals surface area contributed by atoms with Gasteiger partial charge in [-0.25, -0.2) is 9.97 Å². The Morgan fingerprint density at radius 1 is 1.33 bits per heavy atom. The van der Waals surface area contributed by atoms with Gasteiger partial charge in [0.15, 0.2) is 0 Å². The van der Waals surface area contributed by atoms with Crippen LogP contribution >= 0.6 is 0 Å². The molecule has 0 amide bonds. The second-order valence-electron chi connectivity index (χ2n) is 4.81. The predicted octanol–water partition coefficient (Wildman–Crippen LogP) is 1.63. The van der Waals surface area contributed by atoms with Gasteiger partial charge in [-0.3, -0.25) is 0 Å². The minimum absolute atomic E-state index is 0.705. The lowest BCUT2D eigenvalue weighted by Crippen LogP contribution is -2.33. The zero-order valence-electron chi connectivity index (χ0n) is 11.3. The van der Waals surface area contributed by atoms with E-state index in [0.717, 1.165) is 43.6 Å². The minimum Gasteiger partial charge on any atom is -0.370 e. The van der Waals surface area contributed by atoms with Gasteiger partial charge in [-0.2, -0.15) is 0 Å². The Morgan fingerprint density at radius 3 is 2.78 bits per heavy atom. The van der Waals surface area contributed by atoms with Crippen molar-refractivity contribution >= 4 is 11.6 Å². The molecule has 1 fully saturated rings. The maximum absolute atomic E-state index is 4.42. The van der Waals surface area contributed by atoms with Crippen molar-refractivity contribution in [2.24, 2.45) is 5.92 Å². The quantitative estimate of drug-likeness (QED) is 0.740. The molecule has 1 aromatic rings. The topological polar surface area (TPSA) is 61.9 Å². The molecular weight excluding hydrogens is 226 g/mol. The first-order valence-electron chi connectivity index (χ1n) is 6.82. The summed E-state index contributed by atoms with van der Waals surface area (Å²) in [6.07, 6.45) is 2.57. The van der Waals surface area contributed by atoms with Crippen LogP contribution in [0.15, 0.2) is 6.07 Å². The fourth-order valence-electron chi connectivity index (χ4n) is 2.28. The van der Waals surface area contributed by atoms with Gasteiger partial charge in [-0.1, -0.05) is 0 Å². The zero-order valence-corrected chi connectivity index (χ0v) is 11.3. The minimum atomic E-state index is 0.705. The first-order valence-corrected chi connectivity index (χ1v) is 6.82. The Balaban J connectivity index is 1.91. The molecule has 0 bridgehead atoms. The number of hydrogen-bond acceptors (Lipinski definition) is 5. The molecule has 1 aliphatic rings. The van der Waals surface area contributed by atoms with Crippen LogP contribution in [-0.4, -0.2) is 36.1 Å². The highest BCUT2D eigenvalue weighted by molar-refractivity contribution is 5.47. The summed E-state index contributed by atoms with van der Waals surface area (Å²) in [5.41, 5.74) is 0. The molecular formula is C13H23N5. The van der Waals surface area contributed by atoms with Gasteiger partial charge in [-0.15, -0.1) is 0 Å². The normalized spacial score (nSPS) is 19.6. The van der Waals surface area contributed by atoms with Crippen LogP contribution in [0, 0.1) is 12.8 Å². The van der Waals surface area contributed by atoms with E-state index < -0.39 is 0 Å². The SMILES string of the molecule is CCNc1cc(NCC2CCCNC2)nc(C)n1. The van der Waals surface area contributed by atoms with Crippen LogP contribution in [0.4, 0.5) is 11.6 Å². The Bertz CT molecular complexity index is 374. The summed E-state index contributed by atoms with van der Waals surface area (Å²) in [7, 11) is 0. The molecule has 2 heterocycles. The molecule has 100 valence electrons. The highest BCUT2D eigenvalue weighted by Crippen LogP contribution is 2.14. The summed E-state index contributed by atoms with van der Waals surface area (Å²) in [5.74, 6) is 3.33. The molecule has 1 saturated heterocycles.